The topological polar surface area (TPSA) is 63.2 Å². The lowest BCUT2D eigenvalue weighted by Crippen LogP contribution is -2.26. The molecule has 1 N–H and O–H groups in total. The Morgan fingerprint density at radius 2 is 1.89 bits per heavy atom. The molecule has 0 saturated heterocycles. The highest BCUT2D eigenvalue weighted by molar-refractivity contribution is 5.38. The van der Waals surface area contributed by atoms with Crippen LogP contribution in [0.5, 0.6) is 6.01 Å². The number of hydrogen-bond donors (Lipinski definition) is 1. The second-order valence-corrected chi connectivity index (χ2v) is 3.95. The highest BCUT2D eigenvalue weighted by Crippen LogP contribution is 2.14. The summed E-state index contributed by atoms with van der Waals surface area (Å²) in [7, 11) is 1.57. The summed E-state index contributed by atoms with van der Waals surface area (Å²) in [6, 6.07) is 0.355. The second-order valence-electron chi connectivity index (χ2n) is 3.95. The number of anilines is 2. The number of rotatable bonds is 8. The summed E-state index contributed by atoms with van der Waals surface area (Å²) < 4.78 is 5.12. The van der Waals surface area contributed by atoms with Gasteiger partial charge in [-0.1, -0.05) is 13.8 Å². The fourth-order valence-corrected chi connectivity index (χ4v) is 1.56. The smallest absolute Gasteiger partial charge is 0.322 e. The van der Waals surface area contributed by atoms with E-state index in [1.54, 1.807) is 7.11 Å². The van der Waals surface area contributed by atoms with Gasteiger partial charge in [-0.15, -0.1) is 0 Å². The first-order chi connectivity index (χ1) is 8.74. The van der Waals surface area contributed by atoms with Crippen LogP contribution >= 0.6 is 0 Å². The maximum atomic E-state index is 5.12. The third kappa shape index (κ3) is 4.01. The normalized spacial score (nSPS) is 10.2. The van der Waals surface area contributed by atoms with Gasteiger partial charge in [-0.3, -0.25) is 0 Å². The van der Waals surface area contributed by atoms with E-state index in [0.717, 1.165) is 32.5 Å². The van der Waals surface area contributed by atoms with Gasteiger partial charge < -0.3 is 15.0 Å². The standard InChI is InChI=1S/C12H23N5O/c1-5-8-13-10-14-11(16-12(15-10)18-4)17(7-3)9-6-2/h5-9H2,1-4H3,(H,13,14,15,16). The van der Waals surface area contributed by atoms with Gasteiger partial charge in [0.15, 0.2) is 0 Å². The molecule has 6 heteroatoms. The van der Waals surface area contributed by atoms with Crippen LogP contribution in [0.15, 0.2) is 0 Å². The molecule has 0 aliphatic rings. The fourth-order valence-electron chi connectivity index (χ4n) is 1.56. The third-order valence-corrected chi connectivity index (χ3v) is 2.48. The van der Waals surface area contributed by atoms with Crippen molar-refractivity contribution in [2.24, 2.45) is 0 Å². The fraction of sp³-hybridized carbons (Fsp3) is 0.750. The second kappa shape index (κ2) is 7.68. The summed E-state index contributed by atoms with van der Waals surface area (Å²) in [4.78, 5) is 15.0. The van der Waals surface area contributed by atoms with Crippen LogP contribution in [-0.4, -0.2) is 41.7 Å². The van der Waals surface area contributed by atoms with E-state index in [1.165, 1.54) is 0 Å². The average Bonchev–Trinajstić information content (AvgIpc) is 2.42. The van der Waals surface area contributed by atoms with Gasteiger partial charge in [0.25, 0.3) is 0 Å². The largest absolute Gasteiger partial charge is 0.467 e. The molecule has 0 bridgehead atoms. The average molecular weight is 253 g/mol. The van der Waals surface area contributed by atoms with E-state index in [0.29, 0.717) is 17.9 Å². The first kappa shape index (κ1) is 14.5. The predicted octanol–water partition coefficient (Wildman–Crippen LogP) is 1.94. The Kier molecular flexibility index (Phi) is 6.18. The molecule has 1 heterocycles. The Morgan fingerprint density at radius 3 is 2.44 bits per heavy atom. The van der Waals surface area contributed by atoms with Crippen LogP contribution in [0.2, 0.25) is 0 Å². The number of ether oxygens (including phenoxy) is 1. The summed E-state index contributed by atoms with van der Waals surface area (Å²) in [6.07, 6.45) is 2.08. The van der Waals surface area contributed by atoms with E-state index in [-0.39, 0.29) is 0 Å². The Bertz CT molecular complexity index is 358. The van der Waals surface area contributed by atoms with Gasteiger partial charge in [-0.05, 0) is 19.8 Å². The van der Waals surface area contributed by atoms with E-state index in [9.17, 15) is 0 Å². The van der Waals surface area contributed by atoms with Crippen molar-refractivity contribution in [1.82, 2.24) is 15.0 Å². The number of aromatic nitrogens is 3. The predicted molar refractivity (Wildman–Crippen MR) is 73.3 cm³/mol. The van der Waals surface area contributed by atoms with E-state index >= 15 is 0 Å². The van der Waals surface area contributed by atoms with E-state index in [4.69, 9.17) is 4.74 Å². The van der Waals surface area contributed by atoms with Crippen molar-refractivity contribution >= 4 is 11.9 Å². The van der Waals surface area contributed by atoms with Gasteiger partial charge in [-0.25, -0.2) is 0 Å². The van der Waals surface area contributed by atoms with Crippen molar-refractivity contribution in [2.75, 3.05) is 37.0 Å². The van der Waals surface area contributed by atoms with Crippen molar-refractivity contribution in [3.8, 4) is 6.01 Å². The molecule has 0 aromatic carbocycles. The summed E-state index contributed by atoms with van der Waals surface area (Å²) in [5.41, 5.74) is 0. The van der Waals surface area contributed by atoms with E-state index in [1.807, 2.05) is 0 Å². The summed E-state index contributed by atoms with van der Waals surface area (Å²) in [5.74, 6) is 1.25. The van der Waals surface area contributed by atoms with Crippen LogP contribution in [0.3, 0.4) is 0 Å². The van der Waals surface area contributed by atoms with Crippen molar-refractivity contribution in [2.45, 2.75) is 33.6 Å². The van der Waals surface area contributed by atoms with Crippen LogP contribution in [-0.2, 0) is 0 Å². The molecule has 0 radical (unpaired) electrons. The molecule has 0 spiro atoms. The van der Waals surface area contributed by atoms with Crippen molar-refractivity contribution in [1.29, 1.82) is 0 Å². The molecule has 0 amide bonds. The highest BCUT2D eigenvalue weighted by atomic mass is 16.5. The molecular formula is C12H23N5O. The molecule has 1 rings (SSSR count). The minimum absolute atomic E-state index is 0.355. The zero-order valence-electron chi connectivity index (χ0n) is 11.7. The molecular weight excluding hydrogens is 230 g/mol. The molecule has 0 fully saturated rings. The van der Waals surface area contributed by atoms with Crippen LogP contribution in [0.25, 0.3) is 0 Å². The highest BCUT2D eigenvalue weighted by Gasteiger charge is 2.11. The summed E-state index contributed by atoms with van der Waals surface area (Å²) in [6.45, 7) is 8.96. The SMILES string of the molecule is CCCNc1nc(OC)nc(N(CC)CCC)n1. The van der Waals surface area contributed by atoms with Crippen molar-refractivity contribution in [3.05, 3.63) is 0 Å². The monoisotopic (exact) mass is 253 g/mol. The van der Waals surface area contributed by atoms with Gasteiger partial charge >= 0.3 is 6.01 Å². The van der Waals surface area contributed by atoms with Crippen molar-refractivity contribution in [3.63, 3.8) is 0 Å². The first-order valence-electron chi connectivity index (χ1n) is 6.53. The van der Waals surface area contributed by atoms with E-state index < -0.39 is 0 Å². The van der Waals surface area contributed by atoms with Gasteiger partial charge in [0.1, 0.15) is 0 Å². The molecule has 0 aliphatic carbocycles. The Hall–Kier alpha value is -1.59. The lowest BCUT2D eigenvalue weighted by atomic mass is 10.4. The zero-order valence-corrected chi connectivity index (χ0v) is 11.7. The molecule has 0 saturated carbocycles. The number of nitrogens with zero attached hydrogens (tertiary/aromatic N) is 4. The molecule has 6 nitrogen and oxygen atoms in total. The molecule has 0 aliphatic heterocycles. The lowest BCUT2D eigenvalue weighted by Gasteiger charge is -2.20. The van der Waals surface area contributed by atoms with Crippen LogP contribution in [0, 0.1) is 0 Å². The van der Waals surface area contributed by atoms with Gasteiger partial charge in [0.05, 0.1) is 7.11 Å². The first-order valence-corrected chi connectivity index (χ1v) is 6.53. The van der Waals surface area contributed by atoms with E-state index in [2.05, 4.69) is 45.9 Å². The zero-order chi connectivity index (χ0) is 13.4. The van der Waals surface area contributed by atoms with Crippen molar-refractivity contribution < 1.29 is 4.74 Å². The lowest BCUT2D eigenvalue weighted by molar-refractivity contribution is 0.378. The quantitative estimate of drug-likeness (QED) is 0.764. The molecule has 18 heavy (non-hydrogen) atoms. The molecule has 102 valence electrons. The molecule has 0 unspecified atom stereocenters. The number of methoxy groups -OCH3 is 1. The Balaban J connectivity index is 2.94. The third-order valence-electron chi connectivity index (χ3n) is 2.48. The summed E-state index contributed by atoms with van der Waals surface area (Å²) in [5, 5.41) is 3.16. The molecule has 0 atom stereocenters. The summed E-state index contributed by atoms with van der Waals surface area (Å²) >= 11 is 0. The number of hydrogen-bond acceptors (Lipinski definition) is 6. The van der Waals surface area contributed by atoms with Gasteiger partial charge in [-0.2, -0.15) is 15.0 Å². The number of nitrogens with one attached hydrogen (secondary N) is 1. The Morgan fingerprint density at radius 1 is 1.11 bits per heavy atom. The van der Waals surface area contributed by atoms with Gasteiger partial charge in [0.2, 0.25) is 11.9 Å². The van der Waals surface area contributed by atoms with Crippen LogP contribution in [0.1, 0.15) is 33.6 Å². The van der Waals surface area contributed by atoms with Crippen LogP contribution in [0.4, 0.5) is 11.9 Å². The molecule has 1 aromatic rings. The molecule has 1 aromatic heterocycles. The minimum atomic E-state index is 0.355. The van der Waals surface area contributed by atoms with Crippen LogP contribution < -0.4 is 15.0 Å². The van der Waals surface area contributed by atoms with Gasteiger partial charge in [0, 0.05) is 19.6 Å². The maximum Gasteiger partial charge on any atom is 0.322 e. The Labute approximate surface area is 109 Å². The minimum Gasteiger partial charge on any atom is -0.467 e. The maximum absolute atomic E-state index is 5.12.